The van der Waals surface area contributed by atoms with Gasteiger partial charge >= 0.3 is 0 Å². The van der Waals surface area contributed by atoms with Crippen molar-refractivity contribution in [1.82, 2.24) is 10.4 Å². The highest BCUT2D eigenvalue weighted by Gasteiger charge is 2.46. The van der Waals surface area contributed by atoms with Gasteiger partial charge in [-0.3, -0.25) is 14.8 Å². The molecule has 1 aliphatic carbocycles. The monoisotopic (exact) mass is 403 g/mol. The van der Waals surface area contributed by atoms with Crippen LogP contribution in [0.25, 0.3) is 0 Å². The summed E-state index contributed by atoms with van der Waals surface area (Å²) in [6, 6.07) is 10.1. The first-order valence-electron chi connectivity index (χ1n) is 10.7. The van der Waals surface area contributed by atoms with Crippen LogP contribution in [0.3, 0.4) is 0 Å². The second kappa shape index (κ2) is 9.59. The number of hydroxylamine groups is 1. The highest BCUT2D eigenvalue weighted by Crippen LogP contribution is 2.40. The molecule has 3 N–H and O–H groups in total. The van der Waals surface area contributed by atoms with E-state index in [2.05, 4.69) is 24.0 Å². The summed E-state index contributed by atoms with van der Waals surface area (Å²) in [5.41, 5.74) is 1.93. The minimum atomic E-state index is -0.935. The molecule has 1 saturated carbocycles. The first kappa shape index (κ1) is 21.6. The molecule has 2 amide bonds. The van der Waals surface area contributed by atoms with Gasteiger partial charge in [-0.2, -0.15) is 0 Å². The highest BCUT2D eigenvalue weighted by atomic mass is 16.5. The summed E-state index contributed by atoms with van der Waals surface area (Å²) in [5, 5.41) is 20.1. The molecule has 0 aromatic heterocycles. The van der Waals surface area contributed by atoms with Gasteiger partial charge in [0.25, 0.3) is 0 Å². The zero-order valence-electron chi connectivity index (χ0n) is 17.2. The number of piperazine rings is 1. The van der Waals surface area contributed by atoms with Crippen molar-refractivity contribution in [1.29, 1.82) is 0 Å². The van der Waals surface area contributed by atoms with E-state index in [1.807, 2.05) is 23.1 Å². The minimum Gasteiger partial charge on any atom is -0.390 e. The lowest BCUT2D eigenvalue weighted by Crippen LogP contribution is -2.54. The van der Waals surface area contributed by atoms with Gasteiger partial charge in [-0.15, -0.1) is 0 Å². The van der Waals surface area contributed by atoms with Crippen LogP contribution in [0.15, 0.2) is 30.3 Å². The standard InChI is InChI=1S/C22H33N3O4/c1-2-3-10-22(28)11-9-18(19(16-22)20(26)23-29)21(27)25-14-12-24(13-15-25)17-7-5-4-6-8-17/h4-8,18-19,28-29H,2-3,9-16H2,1H3,(H,23,26)/t18-,19-,22+/m0/s1. The first-order valence-corrected chi connectivity index (χ1v) is 10.7. The van der Waals surface area contributed by atoms with E-state index < -0.39 is 23.3 Å². The summed E-state index contributed by atoms with van der Waals surface area (Å²) in [5.74, 6) is -1.80. The minimum absolute atomic E-state index is 0.0381. The molecule has 3 rings (SSSR count). The molecule has 0 unspecified atom stereocenters. The van der Waals surface area contributed by atoms with Crippen LogP contribution in [0.2, 0.25) is 0 Å². The average molecular weight is 404 g/mol. The summed E-state index contributed by atoms with van der Waals surface area (Å²) >= 11 is 0. The molecule has 2 fully saturated rings. The van der Waals surface area contributed by atoms with Crippen molar-refractivity contribution in [3.63, 3.8) is 0 Å². The van der Waals surface area contributed by atoms with Crippen LogP contribution in [-0.2, 0) is 9.59 Å². The van der Waals surface area contributed by atoms with Gasteiger partial charge in [-0.05, 0) is 37.8 Å². The third-order valence-corrected chi connectivity index (χ3v) is 6.48. The van der Waals surface area contributed by atoms with Crippen LogP contribution in [-0.4, -0.2) is 58.8 Å². The van der Waals surface area contributed by atoms with Crippen molar-refractivity contribution in [2.24, 2.45) is 11.8 Å². The second-order valence-corrected chi connectivity index (χ2v) is 8.41. The second-order valence-electron chi connectivity index (χ2n) is 8.41. The number of rotatable bonds is 6. The quantitative estimate of drug-likeness (QED) is 0.500. The fourth-order valence-corrected chi connectivity index (χ4v) is 4.72. The fourth-order valence-electron chi connectivity index (χ4n) is 4.72. The van der Waals surface area contributed by atoms with Crippen LogP contribution in [0, 0.1) is 11.8 Å². The molecule has 0 bridgehead atoms. The molecule has 0 spiro atoms. The molecular weight excluding hydrogens is 370 g/mol. The van der Waals surface area contributed by atoms with Crippen molar-refractivity contribution >= 4 is 17.5 Å². The molecule has 1 saturated heterocycles. The molecule has 7 nitrogen and oxygen atoms in total. The van der Waals surface area contributed by atoms with Gasteiger partial charge in [0, 0.05) is 31.9 Å². The molecular formula is C22H33N3O4. The van der Waals surface area contributed by atoms with Gasteiger partial charge in [0.15, 0.2) is 0 Å². The number of nitrogens with zero attached hydrogens (tertiary/aromatic N) is 2. The predicted molar refractivity (Wildman–Crippen MR) is 110 cm³/mol. The van der Waals surface area contributed by atoms with Crippen LogP contribution < -0.4 is 10.4 Å². The van der Waals surface area contributed by atoms with Crippen LogP contribution in [0.1, 0.15) is 45.4 Å². The van der Waals surface area contributed by atoms with Crippen molar-refractivity contribution < 1.29 is 19.9 Å². The number of anilines is 1. The Bertz CT molecular complexity index is 691. The summed E-state index contributed by atoms with van der Waals surface area (Å²) in [6.07, 6.45) is 3.67. The summed E-state index contributed by atoms with van der Waals surface area (Å²) in [4.78, 5) is 29.6. The third-order valence-electron chi connectivity index (χ3n) is 6.48. The Kier molecular flexibility index (Phi) is 7.14. The number of unbranched alkanes of at least 4 members (excludes halogenated alkanes) is 1. The molecule has 3 atom stereocenters. The van der Waals surface area contributed by atoms with Crippen LogP contribution >= 0.6 is 0 Å². The maximum Gasteiger partial charge on any atom is 0.247 e. The van der Waals surface area contributed by atoms with E-state index in [1.54, 1.807) is 5.48 Å². The SMILES string of the molecule is CCCC[C@@]1(O)CC[C@H](C(=O)N2CCN(c3ccccc3)CC2)[C@@H](C(=O)NO)C1. The number of carbonyl (C=O) groups excluding carboxylic acids is 2. The van der Waals surface area contributed by atoms with Crippen molar-refractivity contribution in [2.45, 2.75) is 51.0 Å². The first-order chi connectivity index (χ1) is 14.0. The number of carbonyl (C=O) groups is 2. The normalized spacial score (nSPS) is 27.6. The Morgan fingerprint density at radius 2 is 1.83 bits per heavy atom. The van der Waals surface area contributed by atoms with Crippen LogP contribution in [0.4, 0.5) is 5.69 Å². The highest BCUT2D eigenvalue weighted by molar-refractivity contribution is 5.87. The molecule has 1 aromatic rings. The van der Waals surface area contributed by atoms with E-state index >= 15 is 0 Å². The number of amides is 2. The predicted octanol–water partition coefficient (Wildman–Crippen LogP) is 2.18. The lowest BCUT2D eigenvalue weighted by atomic mass is 9.69. The van der Waals surface area contributed by atoms with E-state index in [0.717, 1.165) is 31.6 Å². The lowest BCUT2D eigenvalue weighted by molar-refractivity contribution is -0.153. The molecule has 1 heterocycles. The van der Waals surface area contributed by atoms with Gasteiger partial charge in [0.05, 0.1) is 17.4 Å². The molecule has 7 heteroatoms. The van der Waals surface area contributed by atoms with Crippen molar-refractivity contribution in [3.8, 4) is 0 Å². The van der Waals surface area contributed by atoms with Gasteiger partial charge in [0.2, 0.25) is 11.8 Å². The van der Waals surface area contributed by atoms with Gasteiger partial charge < -0.3 is 14.9 Å². The Morgan fingerprint density at radius 1 is 1.14 bits per heavy atom. The Hall–Kier alpha value is -2.12. The third kappa shape index (κ3) is 5.08. The van der Waals surface area contributed by atoms with Gasteiger partial charge in [-0.1, -0.05) is 38.0 Å². The van der Waals surface area contributed by atoms with E-state index in [9.17, 15) is 19.9 Å². The Balaban J connectivity index is 1.64. The maximum atomic E-state index is 13.2. The number of nitrogens with one attached hydrogen (secondary N) is 1. The molecule has 1 aromatic carbocycles. The van der Waals surface area contributed by atoms with Crippen LogP contribution in [0.5, 0.6) is 0 Å². The number of aliphatic hydroxyl groups is 1. The van der Waals surface area contributed by atoms with Gasteiger partial charge in [-0.25, -0.2) is 5.48 Å². The number of benzene rings is 1. The Labute approximate surface area is 172 Å². The fraction of sp³-hybridized carbons (Fsp3) is 0.636. The van der Waals surface area contributed by atoms with E-state index in [1.165, 1.54) is 0 Å². The van der Waals surface area contributed by atoms with E-state index in [0.29, 0.717) is 32.4 Å². The average Bonchev–Trinajstić information content (AvgIpc) is 2.77. The largest absolute Gasteiger partial charge is 0.390 e. The molecule has 29 heavy (non-hydrogen) atoms. The van der Waals surface area contributed by atoms with E-state index in [-0.39, 0.29) is 12.3 Å². The molecule has 1 aliphatic heterocycles. The zero-order chi connectivity index (χ0) is 20.9. The summed E-state index contributed by atoms with van der Waals surface area (Å²) in [6.45, 7) is 4.78. The lowest BCUT2D eigenvalue weighted by Gasteiger charge is -2.43. The van der Waals surface area contributed by atoms with Crippen molar-refractivity contribution in [2.75, 3.05) is 31.1 Å². The molecule has 160 valence electrons. The Morgan fingerprint density at radius 3 is 2.45 bits per heavy atom. The van der Waals surface area contributed by atoms with E-state index in [4.69, 9.17) is 0 Å². The zero-order valence-corrected chi connectivity index (χ0v) is 17.2. The molecule has 2 aliphatic rings. The van der Waals surface area contributed by atoms with Gasteiger partial charge in [0.1, 0.15) is 0 Å². The number of para-hydroxylation sites is 1. The topological polar surface area (TPSA) is 93.1 Å². The summed E-state index contributed by atoms with van der Waals surface area (Å²) in [7, 11) is 0. The van der Waals surface area contributed by atoms with Crippen molar-refractivity contribution in [3.05, 3.63) is 30.3 Å². The smallest absolute Gasteiger partial charge is 0.247 e. The molecule has 0 radical (unpaired) electrons. The summed E-state index contributed by atoms with van der Waals surface area (Å²) < 4.78 is 0. The number of hydrogen-bond acceptors (Lipinski definition) is 5. The maximum absolute atomic E-state index is 13.2. The number of hydrogen-bond donors (Lipinski definition) is 3.